The van der Waals surface area contributed by atoms with Gasteiger partial charge in [0.15, 0.2) is 0 Å². The fourth-order valence-electron chi connectivity index (χ4n) is 1.39. The number of carboxylic acid groups (broad SMARTS) is 1. The molecule has 8 heteroatoms. The van der Waals surface area contributed by atoms with Gasteiger partial charge in [-0.05, 0) is 35.3 Å². The zero-order valence-electron chi connectivity index (χ0n) is 9.93. The highest BCUT2D eigenvalue weighted by Crippen LogP contribution is 2.38. The van der Waals surface area contributed by atoms with Gasteiger partial charge in [-0.1, -0.05) is 11.6 Å². The molecule has 0 saturated heterocycles. The molecule has 104 valence electrons. The van der Waals surface area contributed by atoms with Gasteiger partial charge in [-0.15, -0.1) is 0 Å². The van der Waals surface area contributed by atoms with Crippen LogP contribution in [0.3, 0.4) is 0 Å². The smallest absolute Gasteiger partial charge is 0.313 e. The Morgan fingerprint density at radius 1 is 1.63 bits per heavy atom. The number of nitro benzene ring substituents is 1. The molecule has 0 bridgehead atoms. The molecule has 0 radical (unpaired) electrons. The number of carbonyl (C=O) groups is 1. The minimum absolute atomic E-state index is 0.0484. The molecule has 0 amide bonds. The number of nitrogens with zero attached hydrogens (tertiary/aromatic N) is 1. The molecule has 0 spiro atoms. The van der Waals surface area contributed by atoms with Crippen LogP contribution in [0.15, 0.2) is 16.6 Å². The van der Waals surface area contributed by atoms with Crippen molar-refractivity contribution in [1.82, 2.24) is 0 Å². The molecule has 19 heavy (non-hydrogen) atoms. The summed E-state index contributed by atoms with van der Waals surface area (Å²) in [4.78, 5) is 20.8. The molecule has 0 fully saturated rings. The number of halogens is 2. The molecule has 1 aromatic rings. The maximum Gasteiger partial charge on any atom is 0.313 e. The zero-order valence-corrected chi connectivity index (χ0v) is 12.3. The third-order valence-electron chi connectivity index (χ3n) is 2.27. The van der Waals surface area contributed by atoms with Crippen LogP contribution < -0.4 is 4.74 Å². The van der Waals surface area contributed by atoms with E-state index in [-0.39, 0.29) is 29.3 Å². The monoisotopic (exact) mass is 351 g/mol. The Morgan fingerprint density at radius 3 is 2.79 bits per heavy atom. The molecule has 1 rings (SSSR count). The first kappa shape index (κ1) is 15.7. The molecular weight excluding hydrogens is 341 g/mol. The Morgan fingerprint density at radius 2 is 2.26 bits per heavy atom. The Balaban J connectivity index is 2.93. The van der Waals surface area contributed by atoms with Crippen molar-refractivity contribution < 1.29 is 19.6 Å². The normalized spacial score (nSPS) is 11.9. The molecule has 0 aliphatic rings. The van der Waals surface area contributed by atoms with Crippen LogP contribution in [0.4, 0.5) is 5.69 Å². The van der Waals surface area contributed by atoms with Crippen molar-refractivity contribution in [1.29, 1.82) is 0 Å². The van der Waals surface area contributed by atoms with Gasteiger partial charge >= 0.3 is 11.7 Å². The van der Waals surface area contributed by atoms with E-state index in [2.05, 4.69) is 15.9 Å². The largest absolute Gasteiger partial charge is 0.483 e. The number of hydrogen-bond donors (Lipinski definition) is 1. The highest BCUT2D eigenvalue weighted by atomic mass is 79.9. The summed E-state index contributed by atoms with van der Waals surface area (Å²) in [6, 6.07) is 2.67. The Hall–Kier alpha value is -1.34. The lowest BCUT2D eigenvalue weighted by molar-refractivity contribution is -0.386. The van der Waals surface area contributed by atoms with Crippen molar-refractivity contribution in [3.05, 3.63) is 31.7 Å². The number of rotatable bonds is 6. The van der Waals surface area contributed by atoms with E-state index in [4.69, 9.17) is 21.4 Å². The molecule has 0 heterocycles. The zero-order chi connectivity index (χ0) is 14.6. The molecule has 1 aromatic carbocycles. The summed E-state index contributed by atoms with van der Waals surface area (Å²) in [5.74, 6) is -0.896. The van der Waals surface area contributed by atoms with Crippen LogP contribution in [0.2, 0.25) is 5.02 Å². The van der Waals surface area contributed by atoms with E-state index in [1.807, 2.05) is 0 Å². The number of carboxylic acids is 1. The third kappa shape index (κ3) is 4.68. The number of nitro groups is 1. The lowest BCUT2D eigenvalue weighted by atomic mass is 10.2. The molecule has 1 N–H and O–H groups in total. The first-order valence-electron chi connectivity index (χ1n) is 5.33. The summed E-state index contributed by atoms with van der Waals surface area (Å²) in [7, 11) is 0. The van der Waals surface area contributed by atoms with Crippen molar-refractivity contribution in [3.8, 4) is 5.75 Å². The molecule has 1 unspecified atom stereocenters. The van der Waals surface area contributed by atoms with E-state index in [1.165, 1.54) is 12.1 Å². The highest BCUT2D eigenvalue weighted by molar-refractivity contribution is 9.10. The molecule has 0 aromatic heterocycles. The van der Waals surface area contributed by atoms with Gasteiger partial charge in [0.2, 0.25) is 5.75 Å². The second kappa shape index (κ2) is 6.72. The third-order valence-corrected chi connectivity index (χ3v) is 3.08. The van der Waals surface area contributed by atoms with Gasteiger partial charge < -0.3 is 9.84 Å². The SMILES string of the molecule is CC(CCC(=O)O)Oc1c(Br)cc(Cl)cc1[N+](=O)[O-]. The summed E-state index contributed by atoms with van der Waals surface area (Å²) >= 11 is 8.88. The highest BCUT2D eigenvalue weighted by Gasteiger charge is 2.22. The van der Waals surface area contributed by atoms with Crippen LogP contribution >= 0.6 is 27.5 Å². The first-order chi connectivity index (χ1) is 8.81. The maximum absolute atomic E-state index is 10.9. The quantitative estimate of drug-likeness (QED) is 0.623. The second-order valence-electron chi connectivity index (χ2n) is 3.85. The maximum atomic E-state index is 10.9. The van der Waals surface area contributed by atoms with Crippen molar-refractivity contribution >= 4 is 39.2 Å². The van der Waals surface area contributed by atoms with Gasteiger partial charge in [-0.2, -0.15) is 0 Å². The topological polar surface area (TPSA) is 89.7 Å². The average Bonchev–Trinajstić information content (AvgIpc) is 2.29. The Labute approximate surface area is 122 Å². The van der Waals surface area contributed by atoms with Crippen molar-refractivity contribution in [2.75, 3.05) is 0 Å². The van der Waals surface area contributed by atoms with Crippen molar-refractivity contribution in [3.63, 3.8) is 0 Å². The Bertz CT molecular complexity index is 508. The molecule has 6 nitrogen and oxygen atoms in total. The van der Waals surface area contributed by atoms with E-state index < -0.39 is 17.0 Å². The van der Waals surface area contributed by atoms with E-state index >= 15 is 0 Å². The van der Waals surface area contributed by atoms with Gasteiger partial charge in [-0.3, -0.25) is 14.9 Å². The Kier molecular flexibility index (Phi) is 5.56. The summed E-state index contributed by atoms with van der Waals surface area (Å²) in [5, 5.41) is 19.7. The van der Waals surface area contributed by atoms with Crippen molar-refractivity contribution in [2.24, 2.45) is 0 Å². The second-order valence-corrected chi connectivity index (χ2v) is 5.14. The number of aliphatic carboxylic acids is 1. The lowest BCUT2D eigenvalue weighted by Crippen LogP contribution is -2.14. The summed E-state index contributed by atoms with van der Waals surface area (Å²) < 4.78 is 5.79. The van der Waals surface area contributed by atoms with Crippen molar-refractivity contribution in [2.45, 2.75) is 25.9 Å². The lowest BCUT2D eigenvalue weighted by Gasteiger charge is -2.15. The first-order valence-corrected chi connectivity index (χ1v) is 6.50. The summed E-state index contributed by atoms with van der Waals surface area (Å²) in [6.45, 7) is 1.65. The molecular formula is C11H11BrClNO5. The minimum atomic E-state index is -0.944. The van der Waals surface area contributed by atoms with Crippen LogP contribution in [0, 0.1) is 10.1 Å². The number of hydrogen-bond acceptors (Lipinski definition) is 4. The fraction of sp³-hybridized carbons (Fsp3) is 0.364. The number of ether oxygens (including phenoxy) is 1. The predicted octanol–water partition coefficient (Wildman–Crippen LogP) is 3.64. The van der Waals surface area contributed by atoms with Crippen LogP contribution in [0.25, 0.3) is 0 Å². The molecule has 0 aliphatic carbocycles. The molecule has 0 aliphatic heterocycles. The molecule has 0 saturated carbocycles. The van der Waals surface area contributed by atoms with E-state index in [1.54, 1.807) is 6.92 Å². The van der Waals surface area contributed by atoms with Gasteiger partial charge in [0.1, 0.15) is 0 Å². The van der Waals surface area contributed by atoms with E-state index in [9.17, 15) is 14.9 Å². The van der Waals surface area contributed by atoms with E-state index in [0.29, 0.717) is 4.47 Å². The summed E-state index contributed by atoms with van der Waals surface area (Å²) in [6.07, 6.45) is -0.283. The number of benzene rings is 1. The van der Waals surface area contributed by atoms with Gasteiger partial charge in [0.25, 0.3) is 0 Å². The van der Waals surface area contributed by atoms with Crippen LogP contribution in [-0.4, -0.2) is 22.1 Å². The van der Waals surface area contributed by atoms with Gasteiger partial charge in [0.05, 0.1) is 15.5 Å². The van der Waals surface area contributed by atoms with Gasteiger partial charge in [-0.25, -0.2) is 0 Å². The average molecular weight is 353 g/mol. The van der Waals surface area contributed by atoms with Crippen LogP contribution in [0.1, 0.15) is 19.8 Å². The minimum Gasteiger partial charge on any atom is -0.483 e. The fourth-order valence-corrected chi connectivity index (χ4v) is 2.27. The van der Waals surface area contributed by atoms with E-state index in [0.717, 1.165) is 0 Å². The predicted molar refractivity (Wildman–Crippen MR) is 72.8 cm³/mol. The van der Waals surface area contributed by atoms with Crippen LogP contribution in [-0.2, 0) is 4.79 Å². The molecule has 1 atom stereocenters. The van der Waals surface area contributed by atoms with Crippen LogP contribution in [0.5, 0.6) is 5.75 Å². The summed E-state index contributed by atoms with van der Waals surface area (Å²) in [5.41, 5.74) is -0.262. The van der Waals surface area contributed by atoms with Gasteiger partial charge in [0, 0.05) is 17.5 Å². The standard InChI is InChI=1S/C11H11BrClNO5/c1-6(2-3-10(15)16)19-11-8(12)4-7(13)5-9(11)14(17)18/h4-6H,2-3H2,1H3,(H,15,16).